The van der Waals surface area contributed by atoms with Gasteiger partial charge in [0.15, 0.2) is 0 Å². The van der Waals surface area contributed by atoms with Crippen LogP contribution >= 0.6 is 12.4 Å². The van der Waals surface area contributed by atoms with Gasteiger partial charge in [-0.2, -0.15) is 0 Å². The van der Waals surface area contributed by atoms with Gasteiger partial charge >= 0.3 is 0 Å². The van der Waals surface area contributed by atoms with Crippen molar-refractivity contribution in [2.45, 2.75) is 69.9 Å². The van der Waals surface area contributed by atoms with Crippen molar-refractivity contribution >= 4 is 18.3 Å². The molecule has 3 fully saturated rings. The molecule has 3 aliphatic rings. The molecule has 4 heteroatoms. The molecule has 3 rings (SSSR count). The monoisotopic (exact) mass is 286 g/mol. The number of carbonyl (C=O) groups is 1. The van der Waals surface area contributed by atoms with E-state index >= 15 is 0 Å². The first-order valence-corrected chi connectivity index (χ1v) is 7.86. The Balaban J connectivity index is 0.00000133. The van der Waals surface area contributed by atoms with Crippen molar-refractivity contribution in [1.29, 1.82) is 0 Å². The third-order valence-corrected chi connectivity index (χ3v) is 5.26. The zero-order valence-electron chi connectivity index (χ0n) is 11.7. The lowest BCUT2D eigenvalue weighted by Crippen LogP contribution is -2.47. The maximum atomic E-state index is 12.1. The van der Waals surface area contributed by atoms with E-state index in [4.69, 9.17) is 0 Å². The average molecular weight is 287 g/mol. The van der Waals surface area contributed by atoms with Crippen molar-refractivity contribution in [2.24, 2.45) is 11.8 Å². The number of hydrogen-bond donors (Lipinski definition) is 2. The SMILES string of the molecule is Cl.O=C(NC1CCC2CCCCC2C1)C1CCCN1. The molecule has 1 aliphatic heterocycles. The molecule has 1 amide bonds. The first-order chi connectivity index (χ1) is 8.83. The molecule has 4 unspecified atom stereocenters. The Labute approximate surface area is 122 Å². The van der Waals surface area contributed by atoms with Crippen molar-refractivity contribution in [3.63, 3.8) is 0 Å². The highest BCUT2D eigenvalue weighted by atomic mass is 35.5. The second kappa shape index (κ2) is 6.94. The third-order valence-electron chi connectivity index (χ3n) is 5.26. The lowest BCUT2D eigenvalue weighted by atomic mass is 9.69. The topological polar surface area (TPSA) is 41.1 Å². The second-order valence-electron chi connectivity index (χ2n) is 6.47. The summed E-state index contributed by atoms with van der Waals surface area (Å²) < 4.78 is 0. The molecule has 0 bridgehead atoms. The zero-order valence-corrected chi connectivity index (χ0v) is 12.5. The fourth-order valence-electron chi connectivity index (χ4n) is 4.21. The zero-order chi connectivity index (χ0) is 12.4. The van der Waals surface area contributed by atoms with Crippen molar-refractivity contribution in [3.05, 3.63) is 0 Å². The molecule has 110 valence electrons. The first-order valence-electron chi connectivity index (χ1n) is 7.86. The van der Waals surface area contributed by atoms with Crippen molar-refractivity contribution < 1.29 is 4.79 Å². The van der Waals surface area contributed by atoms with E-state index in [9.17, 15) is 4.79 Å². The van der Waals surface area contributed by atoms with Crippen LogP contribution in [0.3, 0.4) is 0 Å². The molecular weight excluding hydrogens is 260 g/mol. The summed E-state index contributed by atoms with van der Waals surface area (Å²) in [6.45, 7) is 1.01. The summed E-state index contributed by atoms with van der Waals surface area (Å²) in [5.74, 6) is 2.12. The van der Waals surface area contributed by atoms with E-state index in [2.05, 4.69) is 10.6 Å². The number of halogens is 1. The highest BCUT2D eigenvalue weighted by molar-refractivity contribution is 5.85. The van der Waals surface area contributed by atoms with Crippen LogP contribution in [0.15, 0.2) is 0 Å². The predicted molar refractivity (Wildman–Crippen MR) is 79.5 cm³/mol. The summed E-state index contributed by atoms with van der Waals surface area (Å²) in [4.78, 5) is 12.1. The van der Waals surface area contributed by atoms with E-state index in [1.165, 1.54) is 44.9 Å². The standard InChI is InChI=1S/C15H26N2O.ClH/c18-15(14-6-3-9-16-14)17-13-8-7-11-4-1-2-5-12(11)10-13;/h11-14,16H,1-10H2,(H,17,18);1H. The summed E-state index contributed by atoms with van der Waals surface area (Å²) in [6, 6.07) is 0.549. The molecule has 1 heterocycles. The first kappa shape index (κ1) is 15.1. The minimum Gasteiger partial charge on any atom is -0.352 e. The lowest BCUT2D eigenvalue weighted by molar-refractivity contribution is -0.124. The lowest BCUT2D eigenvalue weighted by Gasteiger charge is -2.39. The van der Waals surface area contributed by atoms with Crippen LogP contribution in [0, 0.1) is 11.8 Å². The van der Waals surface area contributed by atoms with E-state index in [0.29, 0.717) is 6.04 Å². The van der Waals surface area contributed by atoms with Gasteiger partial charge in [-0.25, -0.2) is 0 Å². The highest BCUT2D eigenvalue weighted by Crippen LogP contribution is 2.40. The molecule has 2 saturated carbocycles. The van der Waals surface area contributed by atoms with E-state index < -0.39 is 0 Å². The maximum absolute atomic E-state index is 12.1. The Kier molecular flexibility index (Phi) is 5.52. The van der Waals surface area contributed by atoms with E-state index in [0.717, 1.165) is 31.2 Å². The van der Waals surface area contributed by atoms with E-state index in [1.807, 2.05) is 0 Å². The smallest absolute Gasteiger partial charge is 0.237 e. The largest absolute Gasteiger partial charge is 0.352 e. The summed E-state index contributed by atoms with van der Waals surface area (Å²) >= 11 is 0. The molecule has 3 nitrogen and oxygen atoms in total. The van der Waals surface area contributed by atoms with Gasteiger partial charge in [0.2, 0.25) is 5.91 Å². The van der Waals surface area contributed by atoms with Crippen molar-refractivity contribution in [2.75, 3.05) is 6.54 Å². The molecule has 2 aliphatic carbocycles. The van der Waals surface area contributed by atoms with Crippen LogP contribution in [-0.2, 0) is 4.79 Å². The second-order valence-corrected chi connectivity index (χ2v) is 6.47. The van der Waals surface area contributed by atoms with Crippen molar-refractivity contribution in [1.82, 2.24) is 10.6 Å². The molecule has 0 aromatic heterocycles. The fraction of sp³-hybridized carbons (Fsp3) is 0.933. The molecule has 0 radical (unpaired) electrons. The Hall–Kier alpha value is -0.280. The van der Waals surface area contributed by atoms with Crippen molar-refractivity contribution in [3.8, 4) is 0 Å². The third kappa shape index (κ3) is 3.63. The van der Waals surface area contributed by atoms with Crippen LogP contribution in [0.1, 0.15) is 57.8 Å². The normalized spacial score (nSPS) is 38.1. The molecule has 0 spiro atoms. The Morgan fingerprint density at radius 1 is 0.947 bits per heavy atom. The molecule has 1 saturated heterocycles. The summed E-state index contributed by atoms with van der Waals surface area (Å²) in [6.07, 6.45) is 11.6. The molecule has 2 N–H and O–H groups in total. The summed E-state index contributed by atoms with van der Waals surface area (Å²) in [5.41, 5.74) is 0. The van der Waals surface area contributed by atoms with Gasteiger partial charge in [-0.15, -0.1) is 12.4 Å². The van der Waals surface area contributed by atoms with E-state index in [-0.39, 0.29) is 24.4 Å². The van der Waals surface area contributed by atoms with Crippen LogP contribution < -0.4 is 10.6 Å². The number of carbonyl (C=O) groups excluding carboxylic acids is 1. The van der Waals surface area contributed by atoms with Gasteiger partial charge in [0.25, 0.3) is 0 Å². The summed E-state index contributed by atoms with van der Waals surface area (Å²) in [7, 11) is 0. The van der Waals surface area contributed by atoms with Crippen LogP contribution in [0.2, 0.25) is 0 Å². The molecule has 0 aromatic carbocycles. The number of amides is 1. The van der Waals surface area contributed by atoms with Crippen LogP contribution in [0.5, 0.6) is 0 Å². The Morgan fingerprint density at radius 2 is 1.74 bits per heavy atom. The van der Waals surface area contributed by atoms with Gasteiger partial charge in [-0.1, -0.05) is 25.7 Å². The molecular formula is C15H27ClN2O. The van der Waals surface area contributed by atoms with Crippen LogP contribution in [0.4, 0.5) is 0 Å². The minimum atomic E-state index is 0. The van der Waals surface area contributed by atoms with Gasteiger partial charge in [-0.3, -0.25) is 4.79 Å². The number of rotatable bonds is 2. The average Bonchev–Trinajstić information content (AvgIpc) is 2.92. The molecule has 4 atom stereocenters. The van der Waals surface area contributed by atoms with Gasteiger partial charge in [-0.05, 0) is 50.5 Å². The minimum absolute atomic E-state index is 0. The number of nitrogens with one attached hydrogen (secondary N) is 2. The molecule has 0 aromatic rings. The number of fused-ring (bicyclic) bond motifs is 1. The quantitative estimate of drug-likeness (QED) is 0.819. The van der Waals surface area contributed by atoms with Gasteiger partial charge < -0.3 is 10.6 Å². The predicted octanol–water partition coefficient (Wildman–Crippen LogP) is 2.64. The molecule has 19 heavy (non-hydrogen) atoms. The van der Waals surface area contributed by atoms with Gasteiger partial charge in [0.05, 0.1) is 6.04 Å². The number of hydrogen-bond acceptors (Lipinski definition) is 2. The van der Waals surface area contributed by atoms with Crippen LogP contribution in [-0.4, -0.2) is 24.5 Å². The highest BCUT2D eigenvalue weighted by Gasteiger charge is 2.33. The van der Waals surface area contributed by atoms with Crippen LogP contribution in [0.25, 0.3) is 0 Å². The van der Waals surface area contributed by atoms with E-state index in [1.54, 1.807) is 0 Å². The Bertz CT molecular complexity index is 305. The Morgan fingerprint density at radius 3 is 2.47 bits per heavy atom. The van der Waals surface area contributed by atoms with Gasteiger partial charge in [0.1, 0.15) is 0 Å². The maximum Gasteiger partial charge on any atom is 0.237 e. The summed E-state index contributed by atoms with van der Waals surface area (Å²) in [5, 5.41) is 6.58. The fourth-order valence-corrected chi connectivity index (χ4v) is 4.21. The van der Waals surface area contributed by atoms with Gasteiger partial charge in [0, 0.05) is 6.04 Å².